The van der Waals surface area contributed by atoms with E-state index in [1.165, 1.54) is 5.56 Å². The summed E-state index contributed by atoms with van der Waals surface area (Å²) in [5, 5.41) is 7.02. The lowest BCUT2D eigenvalue weighted by atomic mass is 9.72. The van der Waals surface area contributed by atoms with E-state index in [1.807, 2.05) is 30.3 Å². The fraction of sp³-hybridized carbons (Fsp3) is 0.517. The van der Waals surface area contributed by atoms with E-state index >= 15 is 0 Å². The average molecular weight is 460 g/mol. The second-order valence-corrected chi connectivity index (χ2v) is 11.3. The number of amides is 2. The summed E-state index contributed by atoms with van der Waals surface area (Å²) < 4.78 is 0. The molecule has 5 atom stereocenters. The molecule has 3 unspecified atom stereocenters. The maximum absolute atomic E-state index is 14.1. The predicted molar refractivity (Wildman–Crippen MR) is 136 cm³/mol. The molecule has 34 heavy (non-hydrogen) atoms. The molecule has 180 valence electrons. The zero-order chi connectivity index (χ0) is 23.9. The van der Waals surface area contributed by atoms with Gasteiger partial charge in [-0.05, 0) is 48.4 Å². The summed E-state index contributed by atoms with van der Waals surface area (Å²) in [6, 6.07) is 18.1. The highest BCUT2D eigenvalue weighted by molar-refractivity contribution is 5.94. The van der Waals surface area contributed by atoms with Crippen molar-refractivity contribution in [3.05, 3.63) is 65.7 Å². The third-order valence-corrected chi connectivity index (χ3v) is 8.11. The molecule has 2 aromatic rings. The van der Waals surface area contributed by atoms with Gasteiger partial charge < -0.3 is 15.5 Å². The Morgan fingerprint density at radius 2 is 1.65 bits per heavy atom. The van der Waals surface area contributed by atoms with Gasteiger partial charge in [-0.3, -0.25) is 9.59 Å². The van der Waals surface area contributed by atoms with Crippen molar-refractivity contribution in [2.45, 2.75) is 71.0 Å². The molecule has 1 aliphatic carbocycles. The first-order chi connectivity index (χ1) is 16.3. The summed E-state index contributed by atoms with van der Waals surface area (Å²) in [6.45, 7) is 7.65. The topological polar surface area (TPSA) is 61.4 Å². The lowest BCUT2D eigenvalue weighted by Gasteiger charge is -2.46. The van der Waals surface area contributed by atoms with Crippen LogP contribution in [0.25, 0.3) is 0 Å². The normalized spacial score (nSPS) is 28.4. The van der Waals surface area contributed by atoms with Gasteiger partial charge >= 0.3 is 0 Å². The average Bonchev–Trinajstić information content (AvgIpc) is 3.29. The van der Waals surface area contributed by atoms with Gasteiger partial charge in [-0.15, -0.1) is 0 Å². The number of para-hydroxylation sites is 1. The highest BCUT2D eigenvalue weighted by Crippen LogP contribution is 2.50. The SMILES string of the molecule is CC(C)(C)C1Nc2ccccc2C2C1CCN2C(=O)[C@H]1CCCC[C@H]1NC(=O)c1ccccc1. The monoisotopic (exact) mass is 459 g/mol. The molecule has 2 fully saturated rings. The summed E-state index contributed by atoms with van der Waals surface area (Å²) in [7, 11) is 0. The van der Waals surface area contributed by atoms with E-state index in [-0.39, 0.29) is 35.2 Å². The Kier molecular flexibility index (Phi) is 6.13. The molecule has 5 rings (SSSR count). The molecule has 2 N–H and O–H groups in total. The van der Waals surface area contributed by atoms with Crippen LogP contribution in [0.1, 0.15) is 74.8 Å². The number of anilines is 1. The van der Waals surface area contributed by atoms with Crippen LogP contribution in [0.3, 0.4) is 0 Å². The molecule has 2 aliphatic heterocycles. The van der Waals surface area contributed by atoms with Crippen LogP contribution in [0, 0.1) is 17.3 Å². The smallest absolute Gasteiger partial charge is 0.251 e. The Labute approximate surface area is 203 Å². The van der Waals surface area contributed by atoms with Gasteiger partial charge in [-0.2, -0.15) is 0 Å². The lowest BCUT2D eigenvalue weighted by Crippen LogP contribution is -2.51. The molecule has 2 amide bonds. The number of rotatable bonds is 3. The third-order valence-electron chi connectivity index (χ3n) is 8.11. The molecular formula is C29H37N3O2. The number of fused-ring (bicyclic) bond motifs is 3. The van der Waals surface area contributed by atoms with Crippen LogP contribution in [-0.2, 0) is 4.79 Å². The van der Waals surface area contributed by atoms with Gasteiger partial charge in [0.05, 0.1) is 12.0 Å². The summed E-state index contributed by atoms with van der Waals surface area (Å²) in [6.07, 6.45) is 4.80. The largest absolute Gasteiger partial charge is 0.381 e. The van der Waals surface area contributed by atoms with Crippen LogP contribution < -0.4 is 10.6 Å². The van der Waals surface area contributed by atoms with Crippen molar-refractivity contribution in [3.8, 4) is 0 Å². The maximum Gasteiger partial charge on any atom is 0.251 e. The molecule has 0 radical (unpaired) electrons. The number of benzene rings is 2. The van der Waals surface area contributed by atoms with E-state index in [0.717, 1.165) is 44.3 Å². The van der Waals surface area contributed by atoms with E-state index in [4.69, 9.17) is 0 Å². The highest BCUT2D eigenvalue weighted by Gasteiger charge is 2.50. The van der Waals surface area contributed by atoms with E-state index in [1.54, 1.807) is 0 Å². The fourth-order valence-electron chi connectivity index (χ4n) is 6.48. The Morgan fingerprint density at radius 3 is 2.41 bits per heavy atom. The molecule has 1 saturated heterocycles. The summed E-state index contributed by atoms with van der Waals surface area (Å²) in [5.74, 6) is 0.370. The number of likely N-dealkylation sites (tertiary alicyclic amines) is 1. The van der Waals surface area contributed by atoms with Gasteiger partial charge in [0.25, 0.3) is 5.91 Å². The first-order valence-electron chi connectivity index (χ1n) is 12.9. The van der Waals surface area contributed by atoms with E-state index in [0.29, 0.717) is 17.5 Å². The quantitative estimate of drug-likeness (QED) is 0.646. The molecule has 5 nitrogen and oxygen atoms in total. The minimum absolute atomic E-state index is 0.0791. The van der Waals surface area contributed by atoms with Crippen molar-refractivity contribution in [1.82, 2.24) is 10.2 Å². The molecule has 3 aliphatic rings. The Morgan fingerprint density at radius 1 is 0.941 bits per heavy atom. The zero-order valence-corrected chi connectivity index (χ0v) is 20.6. The van der Waals surface area contributed by atoms with Gasteiger partial charge in [-0.25, -0.2) is 0 Å². The van der Waals surface area contributed by atoms with Crippen LogP contribution >= 0.6 is 0 Å². The van der Waals surface area contributed by atoms with E-state index < -0.39 is 0 Å². The van der Waals surface area contributed by atoms with Crippen LogP contribution in [0.5, 0.6) is 0 Å². The first kappa shape index (κ1) is 22.9. The summed E-state index contributed by atoms with van der Waals surface area (Å²) >= 11 is 0. The molecule has 2 aromatic carbocycles. The zero-order valence-electron chi connectivity index (χ0n) is 20.6. The van der Waals surface area contributed by atoms with Crippen LogP contribution in [0.4, 0.5) is 5.69 Å². The molecule has 1 saturated carbocycles. The number of hydrogen-bond acceptors (Lipinski definition) is 3. The Balaban J connectivity index is 1.41. The number of carbonyl (C=O) groups excluding carboxylic acids is 2. The van der Waals surface area contributed by atoms with Crippen LogP contribution in [-0.4, -0.2) is 35.3 Å². The number of nitrogens with zero attached hydrogens (tertiary/aromatic N) is 1. The fourth-order valence-corrected chi connectivity index (χ4v) is 6.48. The highest BCUT2D eigenvalue weighted by atomic mass is 16.2. The second kappa shape index (κ2) is 9.09. The standard InChI is InChI=1S/C29H37N3O2/c1-29(2,3)26-22-17-18-32(25(22)20-13-7-9-15-23(20)30-26)28(34)21-14-8-10-16-24(21)31-27(33)19-11-5-4-6-12-19/h4-7,9,11-13,15,21-22,24-26,30H,8,10,14,16-18H2,1-3H3,(H,31,33)/t21-,22?,24+,25?,26?/m0/s1. The number of nitrogens with one attached hydrogen (secondary N) is 2. The van der Waals surface area contributed by atoms with Crippen molar-refractivity contribution < 1.29 is 9.59 Å². The first-order valence-corrected chi connectivity index (χ1v) is 12.9. The van der Waals surface area contributed by atoms with Gasteiger partial charge in [-0.1, -0.05) is 70.0 Å². The molecule has 0 aromatic heterocycles. The third kappa shape index (κ3) is 4.21. The second-order valence-electron chi connectivity index (χ2n) is 11.3. The summed E-state index contributed by atoms with van der Waals surface area (Å²) in [4.78, 5) is 29.2. The number of carbonyl (C=O) groups is 2. The van der Waals surface area contributed by atoms with Crippen molar-refractivity contribution in [2.24, 2.45) is 17.3 Å². The van der Waals surface area contributed by atoms with Gasteiger partial charge in [0, 0.05) is 35.8 Å². The molecule has 0 bridgehead atoms. The lowest BCUT2D eigenvalue weighted by molar-refractivity contribution is -0.139. The van der Waals surface area contributed by atoms with Crippen molar-refractivity contribution >= 4 is 17.5 Å². The van der Waals surface area contributed by atoms with Crippen molar-refractivity contribution in [3.63, 3.8) is 0 Å². The van der Waals surface area contributed by atoms with Gasteiger partial charge in [0.2, 0.25) is 5.91 Å². The number of hydrogen-bond donors (Lipinski definition) is 2. The predicted octanol–water partition coefficient (Wildman–Crippen LogP) is 5.41. The minimum atomic E-state index is -0.157. The van der Waals surface area contributed by atoms with Crippen LogP contribution in [0.15, 0.2) is 54.6 Å². The summed E-state index contributed by atoms with van der Waals surface area (Å²) in [5.41, 5.74) is 3.13. The van der Waals surface area contributed by atoms with Crippen molar-refractivity contribution in [1.29, 1.82) is 0 Å². The Hall–Kier alpha value is -2.82. The Bertz CT molecular complexity index is 1040. The maximum atomic E-state index is 14.1. The van der Waals surface area contributed by atoms with E-state index in [9.17, 15) is 9.59 Å². The van der Waals surface area contributed by atoms with E-state index in [2.05, 4.69) is 60.6 Å². The molecule has 5 heteroatoms. The molecular weight excluding hydrogens is 422 g/mol. The van der Waals surface area contributed by atoms with Gasteiger partial charge in [0.1, 0.15) is 0 Å². The molecule has 2 heterocycles. The van der Waals surface area contributed by atoms with Crippen molar-refractivity contribution in [2.75, 3.05) is 11.9 Å². The minimum Gasteiger partial charge on any atom is -0.381 e. The van der Waals surface area contributed by atoms with Crippen LogP contribution in [0.2, 0.25) is 0 Å². The molecule has 0 spiro atoms. The van der Waals surface area contributed by atoms with Gasteiger partial charge in [0.15, 0.2) is 0 Å².